The number of hydrogen-bond acceptors (Lipinski definition) is 1. The van der Waals surface area contributed by atoms with E-state index in [1.54, 1.807) is 0 Å². The minimum Gasteiger partial charge on any atom is -0.307 e. The van der Waals surface area contributed by atoms with Crippen molar-refractivity contribution in [2.45, 2.75) is 0 Å². The lowest BCUT2D eigenvalue weighted by atomic mass is 10.1. The molecule has 164 valence electrons. The first kappa shape index (κ1) is 19.0. The lowest BCUT2D eigenvalue weighted by molar-refractivity contribution is 1.18. The Bertz CT molecular complexity index is 2050. The van der Waals surface area contributed by atoms with E-state index in [0.717, 1.165) is 0 Å². The second-order valence-electron chi connectivity index (χ2n) is 9.02. The molecule has 3 heteroatoms. The van der Waals surface area contributed by atoms with E-state index < -0.39 is 0 Å². The van der Waals surface area contributed by atoms with E-state index in [0.29, 0.717) is 0 Å². The van der Waals surface area contributed by atoms with Crippen LogP contribution in [0.1, 0.15) is 0 Å². The van der Waals surface area contributed by atoms with Crippen LogP contribution in [0.4, 0.5) is 0 Å². The molecule has 0 saturated carbocycles. The predicted molar refractivity (Wildman–Crippen MR) is 151 cm³/mol. The number of benzene rings is 5. The average Bonchev–Trinajstić information content (AvgIpc) is 3.56. The number of fused-ring (bicyclic) bond motifs is 8. The summed E-state index contributed by atoms with van der Waals surface area (Å²) in [4.78, 5) is 0. The average molecular weight is 465 g/mol. The third kappa shape index (κ3) is 2.59. The maximum atomic E-state index is 2.46. The van der Waals surface area contributed by atoms with Crippen LogP contribution in [0, 0.1) is 0 Å². The van der Waals surface area contributed by atoms with E-state index in [9.17, 15) is 0 Å². The molecule has 0 spiro atoms. The minimum atomic E-state index is 1.18. The molecule has 35 heavy (non-hydrogen) atoms. The first-order valence-corrected chi connectivity index (χ1v) is 12.7. The Labute approximate surface area is 205 Å². The summed E-state index contributed by atoms with van der Waals surface area (Å²) in [7, 11) is 0. The highest BCUT2D eigenvalue weighted by Gasteiger charge is 2.21. The molecule has 5 aromatic carbocycles. The molecule has 2 nitrogen and oxygen atoms in total. The van der Waals surface area contributed by atoms with Gasteiger partial charge in [0, 0.05) is 42.3 Å². The van der Waals surface area contributed by atoms with Gasteiger partial charge in [-0.2, -0.15) is 0 Å². The van der Waals surface area contributed by atoms with Crippen molar-refractivity contribution in [3.63, 3.8) is 0 Å². The van der Waals surface area contributed by atoms with Crippen LogP contribution < -0.4 is 0 Å². The largest absolute Gasteiger partial charge is 0.307 e. The lowest BCUT2D eigenvalue weighted by Crippen LogP contribution is -1.93. The third-order valence-corrected chi connectivity index (χ3v) is 8.26. The molecular formula is C32H20N2S. The summed E-state index contributed by atoms with van der Waals surface area (Å²) < 4.78 is 7.54. The standard InChI is InChI=1S/C32H20N2S/c1-2-10-21(11-3-1)33-27-15-7-4-13-24(27)32-31(33)25-14-5-8-16-28(25)34(32)22-18-19-30-26(20-22)23-12-6-9-17-29(23)35-30/h1-20H. The molecule has 3 aromatic heterocycles. The minimum absolute atomic E-state index is 1.18. The van der Waals surface area contributed by atoms with E-state index >= 15 is 0 Å². The van der Waals surface area contributed by atoms with Gasteiger partial charge in [0.25, 0.3) is 0 Å². The van der Waals surface area contributed by atoms with Gasteiger partial charge in [0.2, 0.25) is 0 Å². The SMILES string of the molecule is c1ccc(-n2c3ccccc3c3c2c2ccccc2n3-c2ccc3sc4ccccc4c3c2)cc1. The molecule has 0 aliphatic rings. The number of hydrogen-bond donors (Lipinski definition) is 0. The third-order valence-electron chi connectivity index (χ3n) is 7.10. The van der Waals surface area contributed by atoms with Crippen LogP contribution in [0.5, 0.6) is 0 Å². The fraction of sp³-hybridized carbons (Fsp3) is 0. The zero-order chi connectivity index (χ0) is 22.9. The van der Waals surface area contributed by atoms with E-state index in [4.69, 9.17) is 0 Å². The molecule has 3 heterocycles. The summed E-state index contributed by atoms with van der Waals surface area (Å²) >= 11 is 1.87. The normalized spacial score (nSPS) is 12.0. The smallest absolute Gasteiger partial charge is 0.0803 e. The van der Waals surface area contributed by atoms with Crippen molar-refractivity contribution in [3.05, 3.63) is 121 Å². The van der Waals surface area contributed by atoms with Crippen LogP contribution in [0.15, 0.2) is 121 Å². The summed E-state index contributed by atoms with van der Waals surface area (Å²) in [5.74, 6) is 0. The maximum absolute atomic E-state index is 2.46. The zero-order valence-corrected chi connectivity index (χ0v) is 19.7. The van der Waals surface area contributed by atoms with Gasteiger partial charge in [-0.25, -0.2) is 0 Å². The molecule has 0 N–H and O–H groups in total. The Kier molecular flexibility index (Phi) is 3.85. The van der Waals surface area contributed by atoms with Gasteiger partial charge in [-0.3, -0.25) is 0 Å². The zero-order valence-electron chi connectivity index (χ0n) is 18.8. The molecule has 0 aliphatic heterocycles. The molecule has 8 aromatic rings. The summed E-state index contributed by atoms with van der Waals surface area (Å²) in [6, 6.07) is 43.9. The fourth-order valence-electron chi connectivity index (χ4n) is 5.65. The molecule has 0 unspecified atom stereocenters. The van der Waals surface area contributed by atoms with Crippen LogP contribution in [0.25, 0.3) is 64.4 Å². The van der Waals surface area contributed by atoms with Crippen molar-refractivity contribution in [1.29, 1.82) is 0 Å². The highest BCUT2D eigenvalue weighted by atomic mass is 32.1. The fourth-order valence-corrected chi connectivity index (χ4v) is 6.74. The summed E-state index contributed by atoms with van der Waals surface area (Å²) in [5.41, 5.74) is 7.34. The van der Waals surface area contributed by atoms with Crippen molar-refractivity contribution in [2.24, 2.45) is 0 Å². The Morgan fingerprint density at radius 3 is 1.66 bits per heavy atom. The van der Waals surface area contributed by atoms with Crippen LogP contribution >= 0.6 is 11.3 Å². The van der Waals surface area contributed by atoms with E-state index in [-0.39, 0.29) is 0 Å². The Morgan fingerprint density at radius 1 is 0.400 bits per heavy atom. The number of rotatable bonds is 2. The number of aromatic nitrogens is 2. The summed E-state index contributed by atoms with van der Waals surface area (Å²) in [6.45, 7) is 0. The van der Waals surface area contributed by atoms with E-state index in [1.165, 1.54) is 64.4 Å². The number of nitrogens with zero attached hydrogens (tertiary/aromatic N) is 2. The molecular weight excluding hydrogens is 444 g/mol. The first-order chi connectivity index (χ1) is 17.4. The molecule has 8 rings (SSSR count). The second kappa shape index (κ2) is 7.08. The molecule has 0 amide bonds. The summed E-state index contributed by atoms with van der Waals surface area (Å²) in [6.07, 6.45) is 0. The number of para-hydroxylation sites is 3. The van der Waals surface area contributed by atoms with Gasteiger partial charge in [0.15, 0.2) is 0 Å². The topological polar surface area (TPSA) is 9.86 Å². The van der Waals surface area contributed by atoms with Crippen LogP contribution in [0.2, 0.25) is 0 Å². The Balaban J connectivity index is 1.57. The monoisotopic (exact) mass is 464 g/mol. The van der Waals surface area contributed by atoms with E-state index in [1.807, 2.05) is 11.3 Å². The highest BCUT2D eigenvalue weighted by molar-refractivity contribution is 7.25. The predicted octanol–water partition coefficient (Wildman–Crippen LogP) is 9.10. The van der Waals surface area contributed by atoms with Gasteiger partial charge in [-0.1, -0.05) is 72.8 Å². The molecule has 0 atom stereocenters. The first-order valence-electron chi connectivity index (χ1n) is 11.9. The Hall–Kier alpha value is -4.34. The molecule has 0 fully saturated rings. The second-order valence-corrected chi connectivity index (χ2v) is 10.1. The Morgan fingerprint density at radius 2 is 0.943 bits per heavy atom. The van der Waals surface area contributed by atoms with Gasteiger partial charge < -0.3 is 9.13 Å². The maximum Gasteiger partial charge on any atom is 0.0803 e. The van der Waals surface area contributed by atoms with E-state index in [2.05, 4.69) is 130 Å². The van der Waals surface area contributed by atoms with Crippen LogP contribution in [-0.2, 0) is 0 Å². The van der Waals surface area contributed by atoms with Gasteiger partial charge in [0.05, 0.1) is 22.1 Å². The number of thiophene rings is 1. The quantitative estimate of drug-likeness (QED) is 0.241. The van der Waals surface area contributed by atoms with Crippen molar-refractivity contribution in [3.8, 4) is 11.4 Å². The van der Waals surface area contributed by atoms with Crippen LogP contribution in [-0.4, -0.2) is 9.13 Å². The highest BCUT2D eigenvalue weighted by Crippen LogP contribution is 2.42. The van der Waals surface area contributed by atoms with Crippen molar-refractivity contribution in [2.75, 3.05) is 0 Å². The van der Waals surface area contributed by atoms with Gasteiger partial charge in [-0.05, 0) is 48.5 Å². The lowest BCUT2D eigenvalue weighted by Gasteiger charge is -2.09. The van der Waals surface area contributed by atoms with Gasteiger partial charge in [0.1, 0.15) is 0 Å². The molecule has 0 radical (unpaired) electrons. The summed E-state index contributed by atoms with van der Waals surface area (Å²) in [5, 5.41) is 5.17. The van der Waals surface area contributed by atoms with Crippen molar-refractivity contribution in [1.82, 2.24) is 9.13 Å². The van der Waals surface area contributed by atoms with Crippen molar-refractivity contribution >= 4 is 64.3 Å². The molecule has 0 aliphatic carbocycles. The van der Waals surface area contributed by atoms with Gasteiger partial charge in [-0.15, -0.1) is 11.3 Å². The molecule has 0 saturated heterocycles. The molecule has 0 bridgehead atoms. The van der Waals surface area contributed by atoms with Crippen molar-refractivity contribution < 1.29 is 0 Å². The van der Waals surface area contributed by atoms with Gasteiger partial charge >= 0.3 is 0 Å². The van der Waals surface area contributed by atoms with Crippen LogP contribution in [0.3, 0.4) is 0 Å².